The van der Waals surface area contributed by atoms with E-state index >= 15 is 0 Å². The largest absolute Gasteiger partial charge is 0.377 e. The fraction of sp³-hybridized carbons (Fsp3) is 0.933. The fourth-order valence-corrected chi connectivity index (χ4v) is 0.970. The minimum absolute atomic E-state index is 0.464. The predicted molar refractivity (Wildman–Crippen MR) is 77.9 cm³/mol. The molecule has 0 bridgehead atoms. The summed E-state index contributed by atoms with van der Waals surface area (Å²) >= 11 is 0. The lowest BCUT2D eigenvalue weighted by molar-refractivity contribution is -0.520. The molecule has 0 heterocycles. The van der Waals surface area contributed by atoms with Crippen LogP contribution in [0.15, 0.2) is 0 Å². The maximum Gasteiger partial charge on any atom is 0.377 e. The summed E-state index contributed by atoms with van der Waals surface area (Å²) in [6.07, 6.45) is 1.85. The van der Waals surface area contributed by atoms with Gasteiger partial charge in [-0.25, -0.2) is 14.6 Å². The Morgan fingerprint density at radius 1 is 0.952 bits per heavy atom. The molecule has 1 unspecified atom stereocenters. The van der Waals surface area contributed by atoms with E-state index in [1.807, 2.05) is 48.5 Å². The molecule has 0 N–H and O–H groups in total. The molecule has 0 rings (SSSR count). The van der Waals surface area contributed by atoms with Gasteiger partial charge < -0.3 is 0 Å². The zero-order valence-electron chi connectivity index (χ0n) is 14.4. The van der Waals surface area contributed by atoms with Crippen LogP contribution in [0.3, 0.4) is 0 Å². The molecule has 0 aliphatic rings. The van der Waals surface area contributed by atoms with Crippen LogP contribution in [-0.2, 0) is 29.4 Å². The van der Waals surface area contributed by atoms with Crippen molar-refractivity contribution >= 4 is 5.97 Å². The minimum atomic E-state index is -0.839. The summed E-state index contributed by atoms with van der Waals surface area (Å²) in [5.74, 6) is -0.671. The molecule has 21 heavy (non-hydrogen) atoms. The van der Waals surface area contributed by atoms with E-state index in [1.54, 1.807) is 0 Å². The van der Waals surface area contributed by atoms with Gasteiger partial charge in [0.05, 0.1) is 5.60 Å². The molecule has 6 nitrogen and oxygen atoms in total. The van der Waals surface area contributed by atoms with Crippen molar-refractivity contribution in [2.24, 2.45) is 0 Å². The van der Waals surface area contributed by atoms with Gasteiger partial charge in [0.1, 0.15) is 5.60 Å². The van der Waals surface area contributed by atoms with Crippen molar-refractivity contribution in [3.8, 4) is 0 Å². The second-order valence-corrected chi connectivity index (χ2v) is 6.24. The van der Waals surface area contributed by atoms with Gasteiger partial charge in [0.15, 0.2) is 6.10 Å². The Bertz CT molecular complexity index is 301. The summed E-state index contributed by atoms with van der Waals surface area (Å²) in [6, 6.07) is 0. The van der Waals surface area contributed by atoms with Gasteiger partial charge in [0, 0.05) is 0 Å². The zero-order valence-corrected chi connectivity index (χ0v) is 14.4. The second-order valence-electron chi connectivity index (χ2n) is 6.24. The summed E-state index contributed by atoms with van der Waals surface area (Å²) in [5, 5.41) is 4.55. The Labute approximate surface area is 127 Å². The van der Waals surface area contributed by atoms with Crippen molar-refractivity contribution in [3.63, 3.8) is 0 Å². The quantitative estimate of drug-likeness (QED) is 0.426. The van der Waals surface area contributed by atoms with E-state index in [-0.39, 0.29) is 0 Å². The van der Waals surface area contributed by atoms with E-state index in [1.165, 1.54) is 0 Å². The van der Waals surface area contributed by atoms with Crippen molar-refractivity contribution < 1.29 is 29.4 Å². The van der Waals surface area contributed by atoms with Crippen LogP contribution in [0.1, 0.15) is 74.1 Å². The van der Waals surface area contributed by atoms with Crippen LogP contribution in [0.4, 0.5) is 0 Å². The highest BCUT2D eigenvalue weighted by molar-refractivity contribution is 5.73. The molecule has 0 amide bonds. The third kappa shape index (κ3) is 9.03. The highest BCUT2D eigenvalue weighted by Gasteiger charge is 2.28. The third-order valence-corrected chi connectivity index (χ3v) is 3.28. The Morgan fingerprint density at radius 3 is 1.95 bits per heavy atom. The molecule has 0 aromatic carbocycles. The number of carbonyl (C=O) groups is 1. The standard InChI is InChI=1S/C15H30O6/c1-8-11-12(17-19-14(4,5)9-2)13(16)18-21-20-15(6,7)10-3/h12H,8-11H2,1-7H3. The lowest BCUT2D eigenvalue weighted by Gasteiger charge is -2.24. The maximum atomic E-state index is 11.9. The van der Waals surface area contributed by atoms with Gasteiger partial charge in [0.2, 0.25) is 0 Å². The van der Waals surface area contributed by atoms with Gasteiger partial charge in [-0.2, -0.15) is 4.89 Å². The summed E-state index contributed by atoms with van der Waals surface area (Å²) < 4.78 is 0. The molecular weight excluding hydrogens is 276 g/mol. The number of hydrogen-bond acceptors (Lipinski definition) is 6. The van der Waals surface area contributed by atoms with E-state index in [0.717, 1.165) is 12.8 Å². The van der Waals surface area contributed by atoms with Gasteiger partial charge >= 0.3 is 5.97 Å². The van der Waals surface area contributed by atoms with Crippen LogP contribution in [-0.4, -0.2) is 23.3 Å². The van der Waals surface area contributed by atoms with Crippen LogP contribution in [0.25, 0.3) is 0 Å². The molecular formula is C15H30O6. The molecule has 6 heteroatoms. The normalized spacial score (nSPS) is 14.0. The SMILES string of the molecule is CCCC(OOC(C)(C)CC)C(=O)OOOC(C)(C)CC. The summed E-state index contributed by atoms with van der Waals surface area (Å²) in [5.41, 5.74) is -0.990. The first-order valence-electron chi connectivity index (χ1n) is 7.58. The van der Waals surface area contributed by atoms with Crippen molar-refractivity contribution in [1.82, 2.24) is 0 Å². The summed E-state index contributed by atoms with van der Waals surface area (Å²) in [7, 11) is 0. The molecule has 0 aromatic rings. The monoisotopic (exact) mass is 306 g/mol. The Balaban J connectivity index is 4.30. The lowest BCUT2D eigenvalue weighted by Crippen LogP contribution is -2.33. The molecule has 0 spiro atoms. The molecule has 0 saturated carbocycles. The highest BCUT2D eigenvalue weighted by atomic mass is 17.5. The average Bonchev–Trinajstić information content (AvgIpc) is 2.43. The Hall–Kier alpha value is -0.690. The minimum Gasteiger partial charge on any atom is -0.266 e. The molecule has 0 aliphatic carbocycles. The first-order valence-corrected chi connectivity index (χ1v) is 7.58. The van der Waals surface area contributed by atoms with Crippen LogP contribution in [0.2, 0.25) is 0 Å². The smallest absolute Gasteiger partial charge is 0.266 e. The summed E-state index contributed by atoms with van der Waals surface area (Å²) in [6.45, 7) is 13.3. The number of rotatable bonds is 11. The van der Waals surface area contributed by atoms with Gasteiger partial charge in [-0.1, -0.05) is 27.2 Å². The molecule has 0 radical (unpaired) electrons. The number of carbonyl (C=O) groups excluding carboxylic acids is 1. The highest BCUT2D eigenvalue weighted by Crippen LogP contribution is 2.18. The van der Waals surface area contributed by atoms with E-state index < -0.39 is 23.3 Å². The first kappa shape index (κ1) is 20.3. The molecule has 1 atom stereocenters. The Kier molecular flexibility index (Phi) is 9.04. The van der Waals surface area contributed by atoms with E-state index in [9.17, 15) is 4.79 Å². The van der Waals surface area contributed by atoms with E-state index in [2.05, 4.69) is 9.93 Å². The van der Waals surface area contributed by atoms with Crippen molar-refractivity contribution in [3.05, 3.63) is 0 Å². The fourth-order valence-electron chi connectivity index (χ4n) is 0.970. The van der Waals surface area contributed by atoms with Crippen molar-refractivity contribution in [1.29, 1.82) is 0 Å². The zero-order chi connectivity index (χ0) is 16.5. The van der Waals surface area contributed by atoms with Crippen LogP contribution >= 0.6 is 0 Å². The van der Waals surface area contributed by atoms with E-state index in [0.29, 0.717) is 12.8 Å². The van der Waals surface area contributed by atoms with Crippen LogP contribution in [0.5, 0.6) is 0 Å². The molecule has 126 valence electrons. The van der Waals surface area contributed by atoms with Gasteiger partial charge in [-0.15, -0.1) is 0 Å². The number of hydrogen-bond donors (Lipinski definition) is 0. The molecule has 0 saturated heterocycles. The predicted octanol–water partition coefficient (Wildman–Crippen LogP) is 3.89. The van der Waals surface area contributed by atoms with Crippen molar-refractivity contribution in [2.75, 3.05) is 0 Å². The van der Waals surface area contributed by atoms with Gasteiger partial charge in [-0.05, 0) is 52.0 Å². The molecule has 0 fully saturated rings. The maximum absolute atomic E-state index is 11.9. The average molecular weight is 306 g/mol. The van der Waals surface area contributed by atoms with Crippen LogP contribution < -0.4 is 0 Å². The topological polar surface area (TPSA) is 63.2 Å². The molecule has 0 aliphatic heterocycles. The lowest BCUT2D eigenvalue weighted by atomic mass is 10.1. The Morgan fingerprint density at radius 2 is 1.48 bits per heavy atom. The third-order valence-electron chi connectivity index (χ3n) is 3.28. The second kappa shape index (κ2) is 9.35. The van der Waals surface area contributed by atoms with E-state index in [4.69, 9.17) is 14.7 Å². The van der Waals surface area contributed by atoms with Gasteiger partial charge in [-0.3, -0.25) is 4.89 Å². The van der Waals surface area contributed by atoms with Gasteiger partial charge in [0.25, 0.3) is 0 Å². The van der Waals surface area contributed by atoms with Crippen LogP contribution in [0, 0.1) is 0 Å². The van der Waals surface area contributed by atoms with Crippen molar-refractivity contribution in [2.45, 2.75) is 91.5 Å². The summed E-state index contributed by atoms with van der Waals surface area (Å²) in [4.78, 5) is 32.0. The first-order chi connectivity index (χ1) is 9.67. The molecule has 0 aromatic heterocycles.